The van der Waals surface area contributed by atoms with Crippen molar-refractivity contribution in [1.29, 1.82) is 0 Å². The van der Waals surface area contributed by atoms with Crippen molar-refractivity contribution in [2.75, 3.05) is 38.0 Å². The SMILES string of the molecule is CC(CN1CCNCC1)C(=O)Nc1ccc[nH]1. The molecule has 1 atom stereocenters. The van der Waals surface area contributed by atoms with Crippen molar-refractivity contribution in [3.63, 3.8) is 0 Å². The molecule has 1 aromatic heterocycles. The van der Waals surface area contributed by atoms with Gasteiger partial charge in [-0.05, 0) is 12.1 Å². The molecule has 1 aromatic rings. The molecule has 1 amide bonds. The number of hydrogen-bond acceptors (Lipinski definition) is 3. The smallest absolute Gasteiger partial charge is 0.229 e. The molecule has 0 saturated carbocycles. The number of aromatic nitrogens is 1. The highest BCUT2D eigenvalue weighted by Crippen LogP contribution is 2.07. The standard InChI is InChI=1S/C12H20N4O/c1-10(9-16-7-5-13-6-8-16)12(17)15-11-3-2-4-14-11/h2-4,10,13-14H,5-9H2,1H3,(H,15,17). The zero-order chi connectivity index (χ0) is 12.1. The lowest BCUT2D eigenvalue weighted by atomic mass is 10.1. The van der Waals surface area contributed by atoms with Crippen molar-refractivity contribution < 1.29 is 4.79 Å². The summed E-state index contributed by atoms with van der Waals surface area (Å²) in [6, 6.07) is 3.73. The Morgan fingerprint density at radius 2 is 2.29 bits per heavy atom. The quantitative estimate of drug-likeness (QED) is 0.713. The maximum Gasteiger partial charge on any atom is 0.229 e. The van der Waals surface area contributed by atoms with Crippen LogP contribution in [0.2, 0.25) is 0 Å². The zero-order valence-corrected chi connectivity index (χ0v) is 10.2. The first kappa shape index (κ1) is 12.1. The molecule has 1 saturated heterocycles. The van der Waals surface area contributed by atoms with Gasteiger partial charge in [-0.3, -0.25) is 4.79 Å². The van der Waals surface area contributed by atoms with Gasteiger partial charge in [-0.25, -0.2) is 0 Å². The minimum atomic E-state index is 0.0106. The molecule has 0 radical (unpaired) electrons. The molecular weight excluding hydrogens is 216 g/mol. The number of carbonyl (C=O) groups is 1. The van der Waals surface area contributed by atoms with Gasteiger partial charge in [-0.2, -0.15) is 0 Å². The average molecular weight is 236 g/mol. The van der Waals surface area contributed by atoms with Gasteiger partial charge < -0.3 is 20.5 Å². The van der Waals surface area contributed by atoms with Gasteiger partial charge in [0.25, 0.3) is 0 Å². The number of H-pyrrole nitrogens is 1. The van der Waals surface area contributed by atoms with E-state index in [0.29, 0.717) is 0 Å². The lowest BCUT2D eigenvalue weighted by Gasteiger charge is -2.29. The number of aromatic amines is 1. The van der Waals surface area contributed by atoms with E-state index in [0.717, 1.165) is 38.5 Å². The summed E-state index contributed by atoms with van der Waals surface area (Å²) in [6.45, 7) is 6.89. The second kappa shape index (κ2) is 5.84. The Balaban J connectivity index is 1.78. The topological polar surface area (TPSA) is 60.2 Å². The molecule has 1 fully saturated rings. The fraction of sp³-hybridized carbons (Fsp3) is 0.583. The van der Waals surface area contributed by atoms with E-state index in [4.69, 9.17) is 0 Å². The maximum absolute atomic E-state index is 11.9. The maximum atomic E-state index is 11.9. The molecule has 2 rings (SSSR count). The van der Waals surface area contributed by atoms with E-state index in [1.807, 2.05) is 19.1 Å². The first-order chi connectivity index (χ1) is 8.25. The van der Waals surface area contributed by atoms with Crippen molar-refractivity contribution >= 4 is 11.7 Å². The summed E-state index contributed by atoms with van der Waals surface area (Å²) in [5, 5.41) is 6.18. The van der Waals surface area contributed by atoms with Gasteiger partial charge >= 0.3 is 0 Å². The third-order valence-corrected chi connectivity index (χ3v) is 3.05. The van der Waals surface area contributed by atoms with Crippen molar-refractivity contribution in [2.45, 2.75) is 6.92 Å². The summed E-state index contributed by atoms with van der Waals surface area (Å²) in [7, 11) is 0. The number of hydrogen-bond donors (Lipinski definition) is 3. The minimum Gasteiger partial charge on any atom is -0.348 e. The molecule has 0 aliphatic carbocycles. The molecule has 1 aliphatic heterocycles. The molecule has 1 aliphatic rings. The van der Waals surface area contributed by atoms with Crippen LogP contribution in [0.25, 0.3) is 0 Å². The highest BCUT2D eigenvalue weighted by atomic mass is 16.1. The Labute approximate surface area is 102 Å². The van der Waals surface area contributed by atoms with Crippen LogP contribution in [0.4, 0.5) is 5.82 Å². The fourth-order valence-electron chi connectivity index (χ4n) is 2.03. The van der Waals surface area contributed by atoms with E-state index in [2.05, 4.69) is 20.5 Å². The summed E-state index contributed by atoms with van der Waals surface area (Å²) in [4.78, 5) is 17.2. The highest BCUT2D eigenvalue weighted by Gasteiger charge is 2.18. The van der Waals surface area contributed by atoms with Crippen LogP contribution in [0.5, 0.6) is 0 Å². The van der Waals surface area contributed by atoms with Gasteiger partial charge in [-0.1, -0.05) is 6.92 Å². The Hall–Kier alpha value is -1.33. The fourth-order valence-corrected chi connectivity index (χ4v) is 2.03. The minimum absolute atomic E-state index is 0.0106. The third-order valence-electron chi connectivity index (χ3n) is 3.05. The van der Waals surface area contributed by atoms with Crippen LogP contribution < -0.4 is 10.6 Å². The summed E-state index contributed by atoms with van der Waals surface area (Å²) >= 11 is 0. The second-order valence-electron chi connectivity index (χ2n) is 4.52. The molecule has 94 valence electrons. The summed E-state index contributed by atoms with van der Waals surface area (Å²) in [5.41, 5.74) is 0. The van der Waals surface area contributed by atoms with E-state index < -0.39 is 0 Å². The Morgan fingerprint density at radius 1 is 1.53 bits per heavy atom. The molecule has 0 bridgehead atoms. The molecular formula is C12H20N4O. The number of nitrogens with one attached hydrogen (secondary N) is 3. The van der Waals surface area contributed by atoms with Crippen LogP contribution in [0.3, 0.4) is 0 Å². The summed E-state index contributed by atoms with van der Waals surface area (Å²) < 4.78 is 0. The zero-order valence-electron chi connectivity index (χ0n) is 10.2. The van der Waals surface area contributed by atoms with Gasteiger partial charge in [0.15, 0.2) is 0 Å². The molecule has 0 spiro atoms. The first-order valence-corrected chi connectivity index (χ1v) is 6.13. The van der Waals surface area contributed by atoms with Crippen molar-refractivity contribution in [3.8, 4) is 0 Å². The molecule has 1 unspecified atom stereocenters. The van der Waals surface area contributed by atoms with Crippen molar-refractivity contribution in [2.24, 2.45) is 5.92 Å². The van der Waals surface area contributed by atoms with E-state index in [1.165, 1.54) is 0 Å². The average Bonchev–Trinajstić information content (AvgIpc) is 2.83. The lowest BCUT2D eigenvalue weighted by molar-refractivity contribution is -0.120. The van der Waals surface area contributed by atoms with E-state index in [9.17, 15) is 4.79 Å². The predicted octanol–water partition coefficient (Wildman–Crippen LogP) is 0.495. The molecule has 5 heteroatoms. The number of carbonyl (C=O) groups excluding carboxylic acids is 1. The van der Waals surface area contributed by atoms with Crippen LogP contribution in [0.15, 0.2) is 18.3 Å². The highest BCUT2D eigenvalue weighted by molar-refractivity contribution is 5.91. The van der Waals surface area contributed by atoms with Gasteiger partial charge in [0.1, 0.15) is 5.82 Å². The lowest BCUT2D eigenvalue weighted by Crippen LogP contribution is -2.46. The Kier molecular flexibility index (Phi) is 4.17. The molecule has 17 heavy (non-hydrogen) atoms. The van der Waals surface area contributed by atoms with Gasteiger partial charge in [0.05, 0.1) is 0 Å². The molecule has 3 N–H and O–H groups in total. The third kappa shape index (κ3) is 3.57. The number of anilines is 1. The predicted molar refractivity (Wildman–Crippen MR) is 67.9 cm³/mol. The normalized spacial score (nSPS) is 18.9. The van der Waals surface area contributed by atoms with Crippen molar-refractivity contribution in [3.05, 3.63) is 18.3 Å². The van der Waals surface area contributed by atoms with Crippen LogP contribution >= 0.6 is 0 Å². The van der Waals surface area contributed by atoms with Crippen LogP contribution in [-0.2, 0) is 4.79 Å². The van der Waals surface area contributed by atoms with Crippen LogP contribution in [0.1, 0.15) is 6.92 Å². The van der Waals surface area contributed by atoms with Gasteiger partial charge in [-0.15, -0.1) is 0 Å². The Bertz CT molecular complexity index is 343. The van der Waals surface area contributed by atoms with E-state index >= 15 is 0 Å². The number of amides is 1. The molecule has 5 nitrogen and oxygen atoms in total. The van der Waals surface area contributed by atoms with E-state index in [-0.39, 0.29) is 11.8 Å². The monoisotopic (exact) mass is 236 g/mol. The van der Waals surface area contributed by atoms with Crippen molar-refractivity contribution in [1.82, 2.24) is 15.2 Å². The largest absolute Gasteiger partial charge is 0.348 e. The molecule has 0 aromatic carbocycles. The molecule has 2 heterocycles. The van der Waals surface area contributed by atoms with Crippen LogP contribution in [-0.4, -0.2) is 48.5 Å². The number of nitrogens with zero attached hydrogens (tertiary/aromatic N) is 1. The van der Waals surface area contributed by atoms with Gasteiger partial charge in [0.2, 0.25) is 5.91 Å². The number of piperazine rings is 1. The second-order valence-corrected chi connectivity index (χ2v) is 4.52. The number of rotatable bonds is 4. The Morgan fingerprint density at radius 3 is 2.94 bits per heavy atom. The van der Waals surface area contributed by atoms with Gasteiger partial charge in [0, 0.05) is 44.8 Å². The van der Waals surface area contributed by atoms with Crippen LogP contribution in [0, 0.1) is 5.92 Å². The van der Waals surface area contributed by atoms with E-state index in [1.54, 1.807) is 6.20 Å². The summed E-state index contributed by atoms with van der Waals surface area (Å²) in [6.07, 6.45) is 1.80. The summed E-state index contributed by atoms with van der Waals surface area (Å²) in [5.74, 6) is 0.851. The first-order valence-electron chi connectivity index (χ1n) is 6.13.